The van der Waals surface area contributed by atoms with E-state index in [-0.39, 0.29) is 5.69 Å². The van der Waals surface area contributed by atoms with Crippen molar-refractivity contribution in [1.29, 1.82) is 0 Å². The molecule has 3 heterocycles. The summed E-state index contributed by atoms with van der Waals surface area (Å²) in [5.41, 5.74) is 9.07. The van der Waals surface area contributed by atoms with Gasteiger partial charge in [-0.05, 0) is 42.7 Å². The lowest BCUT2D eigenvalue weighted by Gasteiger charge is -2.56. The molecule has 0 bridgehead atoms. The summed E-state index contributed by atoms with van der Waals surface area (Å²) in [5, 5.41) is 2.78. The highest BCUT2D eigenvalue weighted by Gasteiger charge is 2.47. The minimum Gasteiger partial charge on any atom is -0.397 e. The molecule has 152 valence electrons. The van der Waals surface area contributed by atoms with Gasteiger partial charge in [0.15, 0.2) is 0 Å². The van der Waals surface area contributed by atoms with Gasteiger partial charge in [-0.2, -0.15) is 4.39 Å². The number of hydrogen-bond donors (Lipinski definition) is 2. The van der Waals surface area contributed by atoms with Gasteiger partial charge in [0.05, 0.1) is 23.8 Å². The Hall–Kier alpha value is -3.55. The third-order valence-corrected chi connectivity index (χ3v) is 6.02. The lowest BCUT2D eigenvalue weighted by Crippen LogP contribution is -2.60. The van der Waals surface area contributed by atoms with E-state index >= 15 is 0 Å². The fourth-order valence-electron chi connectivity index (χ4n) is 4.10. The van der Waals surface area contributed by atoms with Crippen LogP contribution in [0.15, 0.2) is 48.9 Å². The molecule has 0 atom stereocenters. The van der Waals surface area contributed by atoms with E-state index in [2.05, 4.69) is 25.2 Å². The first-order valence-corrected chi connectivity index (χ1v) is 9.91. The molecule has 1 aromatic carbocycles. The van der Waals surface area contributed by atoms with E-state index < -0.39 is 11.9 Å². The first-order chi connectivity index (χ1) is 14.5. The number of halogens is 1. The Bertz CT molecular complexity index is 1090. The van der Waals surface area contributed by atoms with Crippen molar-refractivity contribution >= 4 is 23.1 Å². The second kappa shape index (κ2) is 7.05. The first kappa shape index (κ1) is 18.5. The van der Waals surface area contributed by atoms with Gasteiger partial charge < -0.3 is 16.0 Å². The summed E-state index contributed by atoms with van der Waals surface area (Å²) in [6.45, 7) is 2.05. The van der Waals surface area contributed by atoms with Crippen LogP contribution in [0.1, 0.15) is 29.8 Å². The second-order valence-corrected chi connectivity index (χ2v) is 8.10. The number of pyridine rings is 1. The van der Waals surface area contributed by atoms with Gasteiger partial charge in [0.2, 0.25) is 5.95 Å². The predicted molar refractivity (Wildman–Crippen MR) is 113 cm³/mol. The topological polar surface area (TPSA) is 97.0 Å². The number of anilines is 3. The van der Waals surface area contributed by atoms with E-state index in [9.17, 15) is 9.18 Å². The number of benzene rings is 1. The SMILES string of the molecule is Nc1ccc(-c2ccc(F)nc2)cc1NC(=O)c1cnc(N2CC3(CCC3)C2)cn1. The average molecular weight is 404 g/mol. The van der Waals surface area contributed by atoms with Crippen molar-refractivity contribution in [2.24, 2.45) is 5.41 Å². The number of aromatic nitrogens is 3. The molecule has 0 unspecified atom stereocenters. The summed E-state index contributed by atoms with van der Waals surface area (Å²) in [5.74, 6) is -0.144. The maximum atomic E-state index is 13.1. The van der Waals surface area contributed by atoms with Gasteiger partial charge in [-0.1, -0.05) is 12.5 Å². The number of nitrogens with zero attached hydrogens (tertiary/aromatic N) is 4. The maximum absolute atomic E-state index is 13.1. The van der Waals surface area contributed by atoms with Crippen LogP contribution in [0.25, 0.3) is 11.1 Å². The number of rotatable bonds is 4. The van der Waals surface area contributed by atoms with Gasteiger partial charge in [0, 0.05) is 30.3 Å². The fraction of sp³-hybridized carbons (Fsp3) is 0.273. The van der Waals surface area contributed by atoms with E-state index in [4.69, 9.17) is 5.73 Å². The zero-order valence-electron chi connectivity index (χ0n) is 16.3. The summed E-state index contributed by atoms with van der Waals surface area (Å²) in [6.07, 6.45) is 8.48. The Balaban J connectivity index is 1.29. The van der Waals surface area contributed by atoms with E-state index in [0.717, 1.165) is 30.0 Å². The molecule has 0 radical (unpaired) electrons. The van der Waals surface area contributed by atoms with Crippen LogP contribution in [0.3, 0.4) is 0 Å². The molecule has 3 N–H and O–H groups in total. The molecule has 7 nitrogen and oxygen atoms in total. The summed E-state index contributed by atoms with van der Waals surface area (Å²) >= 11 is 0. The minimum atomic E-state index is -0.550. The van der Waals surface area contributed by atoms with E-state index in [1.54, 1.807) is 30.5 Å². The van der Waals surface area contributed by atoms with E-state index in [1.165, 1.54) is 37.7 Å². The summed E-state index contributed by atoms with van der Waals surface area (Å²) in [7, 11) is 0. The largest absolute Gasteiger partial charge is 0.397 e. The molecule has 2 fully saturated rings. The molecule has 1 aliphatic carbocycles. The Morgan fingerprint density at radius 3 is 2.47 bits per heavy atom. The van der Waals surface area contributed by atoms with Crippen LogP contribution in [-0.2, 0) is 0 Å². The maximum Gasteiger partial charge on any atom is 0.275 e. The molecule has 30 heavy (non-hydrogen) atoms. The summed E-state index contributed by atoms with van der Waals surface area (Å²) in [6, 6.07) is 8.10. The second-order valence-electron chi connectivity index (χ2n) is 8.10. The van der Waals surface area contributed by atoms with Crippen LogP contribution in [0.4, 0.5) is 21.6 Å². The minimum absolute atomic E-state index is 0.214. The molecule has 1 amide bonds. The number of nitrogens with two attached hydrogens (primary N) is 1. The van der Waals surface area contributed by atoms with Gasteiger partial charge in [-0.15, -0.1) is 0 Å². The van der Waals surface area contributed by atoms with Crippen molar-refractivity contribution in [1.82, 2.24) is 15.0 Å². The third kappa shape index (κ3) is 3.34. The molecular formula is C22H21FN6O. The van der Waals surface area contributed by atoms with Gasteiger partial charge in [0.1, 0.15) is 11.5 Å². The summed E-state index contributed by atoms with van der Waals surface area (Å²) in [4.78, 5) is 27.2. The average Bonchev–Trinajstić information content (AvgIpc) is 2.69. The van der Waals surface area contributed by atoms with Gasteiger partial charge in [-0.25, -0.2) is 15.0 Å². The van der Waals surface area contributed by atoms with Crippen LogP contribution >= 0.6 is 0 Å². The molecule has 1 spiro atoms. The molecule has 2 aromatic heterocycles. The number of carbonyl (C=O) groups excluding carboxylic acids is 1. The predicted octanol–water partition coefficient (Wildman–Crippen LogP) is 3.50. The van der Waals surface area contributed by atoms with Crippen molar-refractivity contribution in [3.8, 4) is 11.1 Å². The molecule has 1 aliphatic heterocycles. The lowest BCUT2D eigenvalue weighted by atomic mass is 9.63. The van der Waals surface area contributed by atoms with Crippen molar-refractivity contribution < 1.29 is 9.18 Å². The molecule has 5 rings (SSSR count). The normalized spacial score (nSPS) is 16.6. The Labute approximate surface area is 173 Å². The number of nitrogen functional groups attached to an aromatic ring is 1. The van der Waals surface area contributed by atoms with E-state index in [1.807, 2.05) is 0 Å². The lowest BCUT2D eigenvalue weighted by molar-refractivity contribution is 0.0895. The van der Waals surface area contributed by atoms with Gasteiger partial charge in [0.25, 0.3) is 5.91 Å². The number of carbonyl (C=O) groups is 1. The Morgan fingerprint density at radius 1 is 1.03 bits per heavy atom. The summed E-state index contributed by atoms with van der Waals surface area (Å²) < 4.78 is 13.1. The first-order valence-electron chi connectivity index (χ1n) is 9.91. The van der Waals surface area contributed by atoms with Crippen LogP contribution in [0.2, 0.25) is 0 Å². The van der Waals surface area contributed by atoms with Gasteiger partial charge >= 0.3 is 0 Å². The molecule has 1 saturated carbocycles. The highest BCUT2D eigenvalue weighted by molar-refractivity contribution is 6.04. The molecule has 8 heteroatoms. The van der Waals surface area contributed by atoms with Crippen molar-refractivity contribution in [3.05, 3.63) is 60.6 Å². The highest BCUT2D eigenvalue weighted by atomic mass is 19.1. The highest BCUT2D eigenvalue weighted by Crippen LogP contribution is 2.48. The Kier molecular flexibility index (Phi) is 4.34. The zero-order valence-corrected chi connectivity index (χ0v) is 16.3. The third-order valence-electron chi connectivity index (χ3n) is 6.02. The van der Waals surface area contributed by atoms with E-state index in [0.29, 0.717) is 16.8 Å². The zero-order chi connectivity index (χ0) is 20.7. The van der Waals surface area contributed by atoms with Crippen LogP contribution in [0, 0.1) is 11.4 Å². The standard InChI is InChI=1S/C22H21FN6O/c23-19-5-3-15(9-26-19)14-2-4-16(24)17(8-14)28-21(30)18-10-27-20(11-25-18)29-12-22(13-29)6-1-7-22/h2-5,8-11H,1,6-7,12-13,24H2,(H,28,30). The van der Waals surface area contributed by atoms with Crippen molar-refractivity contribution in [2.45, 2.75) is 19.3 Å². The van der Waals surface area contributed by atoms with Crippen LogP contribution in [-0.4, -0.2) is 33.9 Å². The smallest absolute Gasteiger partial charge is 0.275 e. The van der Waals surface area contributed by atoms with Crippen molar-refractivity contribution in [2.75, 3.05) is 29.0 Å². The molecule has 1 saturated heterocycles. The van der Waals surface area contributed by atoms with Crippen LogP contribution < -0.4 is 16.0 Å². The molecular weight excluding hydrogens is 383 g/mol. The Morgan fingerprint density at radius 2 is 1.83 bits per heavy atom. The fourth-order valence-corrected chi connectivity index (χ4v) is 4.10. The van der Waals surface area contributed by atoms with Gasteiger partial charge in [-0.3, -0.25) is 4.79 Å². The van der Waals surface area contributed by atoms with Crippen molar-refractivity contribution in [3.63, 3.8) is 0 Å². The number of amides is 1. The quantitative estimate of drug-likeness (QED) is 0.510. The monoisotopic (exact) mass is 404 g/mol. The number of hydrogen-bond acceptors (Lipinski definition) is 6. The number of nitrogens with one attached hydrogen (secondary N) is 1. The molecule has 2 aliphatic rings. The molecule has 3 aromatic rings. The van der Waals surface area contributed by atoms with Crippen LogP contribution in [0.5, 0.6) is 0 Å².